The third kappa shape index (κ3) is 4.24. The summed E-state index contributed by atoms with van der Waals surface area (Å²) in [6.07, 6.45) is 2.08. The topological polar surface area (TPSA) is 81.8 Å². The van der Waals surface area contributed by atoms with Crippen LogP contribution < -0.4 is 14.9 Å². The lowest BCUT2D eigenvalue weighted by atomic mass is 9.93. The number of carbonyl (C=O) groups is 1. The van der Waals surface area contributed by atoms with Crippen molar-refractivity contribution in [3.05, 3.63) is 60.2 Å². The number of nitrogens with zero attached hydrogens (tertiary/aromatic N) is 1. The minimum Gasteiger partial charge on any atom is -0.497 e. The van der Waals surface area contributed by atoms with Crippen LogP contribution in [0.4, 0.5) is 0 Å². The van der Waals surface area contributed by atoms with E-state index in [4.69, 9.17) is 19.0 Å². The Kier molecular flexibility index (Phi) is 5.27. The molecule has 0 spiro atoms. The molecule has 3 rings (SSSR count). The molecule has 6 nitrogen and oxygen atoms in total. The molecule has 0 radical (unpaired) electrons. The molecule has 0 bridgehead atoms. The molecule has 0 saturated carbocycles. The maximum Gasteiger partial charge on any atom is 0.341 e. The average molecular weight is 351 g/mol. The smallest absolute Gasteiger partial charge is 0.341 e. The van der Waals surface area contributed by atoms with Gasteiger partial charge in [0.2, 0.25) is 0 Å². The minimum absolute atomic E-state index is 0.412. The molecule has 0 aliphatic heterocycles. The molecule has 132 valence electrons. The largest absolute Gasteiger partial charge is 0.497 e. The van der Waals surface area contributed by atoms with Crippen molar-refractivity contribution >= 4 is 19.3 Å². The number of oxazole rings is 1. The normalized spacial score (nSPS) is 10.5. The van der Waals surface area contributed by atoms with Gasteiger partial charge < -0.3 is 19.0 Å². The van der Waals surface area contributed by atoms with Crippen LogP contribution in [0.1, 0.15) is 11.5 Å². The number of ether oxygens (including phenoxy) is 2. The fourth-order valence-corrected chi connectivity index (χ4v) is 2.58. The molecule has 7 heteroatoms. The van der Waals surface area contributed by atoms with Gasteiger partial charge in [0.1, 0.15) is 31.3 Å². The summed E-state index contributed by atoms with van der Waals surface area (Å²) in [6, 6.07) is 13.2. The number of aliphatic carboxylic acids is 1. The van der Waals surface area contributed by atoms with E-state index in [0.29, 0.717) is 29.3 Å². The summed E-state index contributed by atoms with van der Waals surface area (Å²) < 4.78 is 16.2. The van der Waals surface area contributed by atoms with Gasteiger partial charge in [0, 0.05) is 12.0 Å². The fraction of sp³-hybridized carbons (Fsp3) is 0.158. The molecule has 0 aliphatic carbocycles. The summed E-state index contributed by atoms with van der Waals surface area (Å²) in [7, 11) is 3.57. The van der Waals surface area contributed by atoms with Crippen LogP contribution in [0.15, 0.2) is 53.1 Å². The van der Waals surface area contributed by atoms with Crippen LogP contribution >= 0.6 is 0 Å². The molecule has 26 heavy (non-hydrogen) atoms. The number of carboxylic acids is 1. The van der Waals surface area contributed by atoms with E-state index in [-0.39, 0.29) is 0 Å². The summed E-state index contributed by atoms with van der Waals surface area (Å²) in [6.45, 7) is -0.412. The van der Waals surface area contributed by atoms with Crippen LogP contribution in [0, 0.1) is 0 Å². The van der Waals surface area contributed by atoms with Crippen molar-refractivity contribution in [1.29, 1.82) is 0 Å². The van der Waals surface area contributed by atoms with Gasteiger partial charge in [-0.05, 0) is 23.8 Å². The Morgan fingerprint density at radius 2 is 2.12 bits per heavy atom. The molecule has 0 unspecified atom stereocenters. The molecule has 3 aromatic rings. The molecule has 0 amide bonds. The predicted molar refractivity (Wildman–Crippen MR) is 99.0 cm³/mol. The first-order valence-corrected chi connectivity index (χ1v) is 8.08. The molecular formula is C19H18BNO5. The second-order valence-electron chi connectivity index (χ2n) is 5.84. The van der Waals surface area contributed by atoms with Crippen molar-refractivity contribution in [3.63, 3.8) is 0 Å². The summed E-state index contributed by atoms with van der Waals surface area (Å²) >= 11 is 0. The van der Waals surface area contributed by atoms with Gasteiger partial charge in [-0.3, -0.25) is 0 Å². The number of benzene rings is 2. The van der Waals surface area contributed by atoms with Crippen molar-refractivity contribution in [2.45, 2.75) is 6.42 Å². The van der Waals surface area contributed by atoms with Gasteiger partial charge in [0.05, 0.1) is 7.11 Å². The number of rotatable bonds is 7. The summed E-state index contributed by atoms with van der Waals surface area (Å²) in [5, 5.41) is 8.83. The molecule has 2 aromatic carbocycles. The highest BCUT2D eigenvalue weighted by molar-refractivity contribution is 6.32. The third-order valence-corrected chi connectivity index (χ3v) is 3.80. The Morgan fingerprint density at radius 3 is 2.88 bits per heavy atom. The van der Waals surface area contributed by atoms with E-state index in [1.807, 2.05) is 44.2 Å². The van der Waals surface area contributed by atoms with E-state index in [0.717, 1.165) is 16.8 Å². The Labute approximate surface area is 151 Å². The third-order valence-electron chi connectivity index (χ3n) is 3.80. The summed E-state index contributed by atoms with van der Waals surface area (Å²) in [5.74, 6) is 0.755. The van der Waals surface area contributed by atoms with Crippen LogP contribution in [0.2, 0.25) is 0 Å². The molecule has 0 atom stereocenters. The van der Waals surface area contributed by atoms with E-state index in [2.05, 4.69) is 4.98 Å². The van der Waals surface area contributed by atoms with Crippen LogP contribution in [-0.4, -0.2) is 37.6 Å². The van der Waals surface area contributed by atoms with E-state index >= 15 is 0 Å². The number of hydrogen-bond donors (Lipinski definition) is 1. The van der Waals surface area contributed by atoms with Crippen molar-refractivity contribution in [2.75, 3.05) is 13.7 Å². The van der Waals surface area contributed by atoms with Crippen LogP contribution in [0.25, 0.3) is 11.3 Å². The second-order valence-corrected chi connectivity index (χ2v) is 5.84. The Bertz CT molecular complexity index is 922. The van der Waals surface area contributed by atoms with Gasteiger partial charge >= 0.3 is 5.97 Å². The molecule has 0 saturated heterocycles. The zero-order valence-electron chi connectivity index (χ0n) is 14.6. The van der Waals surface area contributed by atoms with Gasteiger partial charge in [-0.2, -0.15) is 0 Å². The highest BCUT2D eigenvalue weighted by atomic mass is 16.5. The molecular weight excluding hydrogens is 333 g/mol. The number of methoxy groups -OCH3 is 1. The maximum absolute atomic E-state index is 10.8. The first-order chi connectivity index (χ1) is 12.5. The van der Waals surface area contributed by atoms with E-state index in [9.17, 15) is 4.79 Å². The van der Waals surface area contributed by atoms with Gasteiger partial charge in [-0.15, -0.1) is 0 Å². The first kappa shape index (κ1) is 17.6. The zero-order chi connectivity index (χ0) is 18.5. The lowest BCUT2D eigenvalue weighted by Crippen LogP contribution is -2.11. The summed E-state index contributed by atoms with van der Waals surface area (Å²) in [5.41, 5.74) is 3.34. The van der Waals surface area contributed by atoms with E-state index in [1.54, 1.807) is 19.4 Å². The molecule has 1 N–H and O–H groups in total. The molecule has 0 aliphatic rings. The van der Waals surface area contributed by atoms with Crippen molar-refractivity contribution < 1.29 is 23.8 Å². The van der Waals surface area contributed by atoms with Crippen molar-refractivity contribution in [1.82, 2.24) is 4.98 Å². The molecule has 1 aromatic heterocycles. The van der Waals surface area contributed by atoms with Gasteiger partial charge in [-0.25, -0.2) is 9.78 Å². The number of hydrogen-bond acceptors (Lipinski definition) is 5. The number of aromatic nitrogens is 1. The molecule has 1 heterocycles. The summed E-state index contributed by atoms with van der Waals surface area (Å²) in [4.78, 5) is 15.3. The SMILES string of the molecule is Bc1ccc(OCC(=O)O)c(-c2coc(Cc3cccc(OC)c3)n2)c1. The fourth-order valence-electron chi connectivity index (χ4n) is 2.58. The Hall–Kier alpha value is -3.22. The van der Waals surface area contributed by atoms with Crippen LogP contribution in [-0.2, 0) is 11.2 Å². The van der Waals surface area contributed by atoms with Gasteiger partial charge in [0.25, 0.3) is 0 Å². The molecule has 0 fully saturated rings. The highest BCUT2D eigenvalue weighted by Gasteiger charge is 2.13. The van der Waals surface area contributed by atoms with Gasteiger partial charge in [-0.1, -0.05) is 29.7 Å². The average Bonchev–Trinajstić information content (AvgIpc) is 3.09. The van der Waals surface area contributed by atoms with Crippen LogP contribution in [0.3, 0.4) is 0 Å². The van der Waals surface area contributed by atoms with Gasteiger partial charge in [0.15, 0.2) is 12.5 Å². The standard InChI is InChI=1S/C19H18BNO5/c1-24-14-4-2-3-12(7-14)8-18-21-16(10-26-18)15-9-13(20)5-6-17(15)25-11-19(22)23/h2-7,9-10H,8,11,20H2,1H3,(H,22,23). The van der Waals surface area contributed by atoms with E-state index in [1.165, 1.54) is 0 Å². The Morgan fingerprint density at radius 1 is 1.27 bits per heavy atom. The van der Waals surface area contributed by atoms with Crippen molar-refractivity contribution in [3.8, 4) is 22.8 Å². The van der Waals surface area contributed by atoms with E-state index < -0.39 is 12.6 Å². The number of carboxylic acid groups (broad SMARTS) is 1. The minimum atomic E-state index is -1.03. The second kappa shape index (κ2) is 7.78. The van der Waals surface area contributed by atoms with Crippen LogP contribution in [0.5, 0.6) is 11.5 Å². The van der Waals surface area contributed by atoms with Crippen molar-refractivity contribution in [2.24, 2.45) is 0 Å². The highest BCUT2D eigenvalue weighted by Crippen LogP contribution is 2.29. The Balaban J connectivity index is 1.84. The lowest BCUT2D eigenvalue weighted by Gasteiger charge is -2.09. The monoisotopic (exact) mass is 351 g/mol. The maximum atomic E-state index is 10.8. The predicted octanol–water partition coefficient (Wildman–Crippen LogP) is 1.66. The zero-order valence-corrected chi connectivity index (χ0v) is 14.6. The lowest BCUT2D eigenvalue weighted by molar-refractivity contribution is -0.139. The quantitative estimate of drug-likeness (QED) is 0.652. The first-order valence-electron chi connectivity index (χ1n) is 8.08.